The molecule has 0 saturated carbocycles. The lowest BCUT2D eigenvalue weighted by Gasteiger charge is -2.12. The highest BCUT2D eigenvalue weighted by molar-refractivity contribution is 6.09. The molecule has 5 aromatic rings. The van der Waals surface area contributed by atoms with Crippen molar-refractivity contribution in [3.8, 4) is 11.3 Å². The van der Waals surface area contributed by atoms with Crippen LogP contribution in [0, 0.1) is 12.7 Å². The fraction of sp³-hybridized carbons (Fsp3) is 0.120. The van der Waals surface area contributed by atoms with Gasteiger partial charge in [0.25, 0.3) is 23.1 Å². The van der Waals surface area contributed by atoms with Crippen LogP contribution < -0.4 is 16.4 Å². The number of aromatic nitrogens is 4. The van der Waals surface area contributed by atoms with Crippen LogP contribution in [0.3, 0.4) is 0 Å². The Labute approximate surface area is 202 Å². The third kappa shape index (κ3) is 3.86. The molecule has 11 heteroatoms. The van der Waals surface area contributed by atoms with Crippen molar-refractivity contribution in [3.63, 3.8) is 0 Å². The van der Waals surface area contributed by atoms with Gasteiger partial charge in [0.1, 0.15) is 5.82 Å². The van der Waals surface area contributed by atoms with Crippen molar-refractivity contribution in [2.24, 2.45) is 0 Å². The Morgan fingerprint density at radius 3 is 2.47 bits per heavy atom. The largest absolute Gasteiger partial charge is 0.335 e. The van der Waals surface area contributed by atoms with Crippen LogP contribution in [0.1, 0.15) is 33.5 Å². The number of carbonyl (C=O) groups excluding carboxylic acids is 2. The lowest BCUT2D eigenvalue weighted by molar-refractivity contribution is 0.0844. The number of hydrogen-bond acceptors (Lipinski definition) is 7. The van der Waals surface area contributed by atoms with Gasteiger partial charge in [0.05, 0.1) is 27.7 Å². The van der Waals surface area contributed by atoms with Gasteiger partial charge in [-0.1, -0.05) is 35.5 Å². The number of hydrazine groups is 1. The Hall–Kier alpha value is -4.93. The molecule has 3 heterocycles. The molecule has 0 aliphatic rings. The van der Waals surface area contributed by atoms with Crippen molar-refractivity contribution >= 4 is 33.7 Å². The normalized spacial score (nSPS) is 11.1. The number of amides is 2. The first kappa shape index (κ1) is 22.8. The van der Waals surface area contributed by atoms with E-state index in [9.17, 15) is 18.8 Å². The molecule has 36 heavy (non-hydrogen) atoms. The summed E-state index contributed by atoms with van der Waals surface area (Å²) in [4.78, 5) is 43.0. The molecule has 10 nitrogen and oxygen atoms in total. The summed E-state index contributed by atoms with van der Waals surface area (Å²) in [6.07, 6.45) is 0. The summed E-state index contributed by atoms with van der Waals surface area (Å²) in [7, 11) is 0. The molecule has 180 valence electrons. The van der Waals surface area contributed by atoms with Gasteiger partial charge in [0.2, 0.25) is 0 Å². The fourth-order valence-corrected chi connectivity index (χ4v) is 3.94. The molecular formula is C25H19FN6O4. The topological polar surface area (TPSA) is 132 Å². The van der Waals surface area contributed by atoms with Gasteiger partial charge >= 0.3 is 0 Å². The van der Waals surface area contributed by atoms with E-state index in [0.717, 1.165) is 0 Å². The van der Waals surface area contributed by atoms with E-state index in [1.54, 1.807) is 50.2 Å². The third-order valence-electron chi connectivity index (χ3n) is 5.68. The summed E-state index contributed by atoms with van der Waals surface area (Å²) in [5.41, 5.74) is 5.21. The van der Waals surface area contributed by atoms with Gasteiger partial charge in [-0.25, -0.2) is 14.1 Å². The number of aryl methyl sites for hydroxylation is 2. The second-order valence-electron chi connectivity index (χ2n) is 7.91. The van der Waals surface area contributed by atoms with Gasteiger partial charge in [-0.3, -0.25) is 25.2 Å². The second kappa shape index (κ2) is 9.02. The summed E-state index contributed by atoms with van der Waals surface area (Å²) in [5.74, 6) is -1.94. The summed E-state index contributed by atoms with van der Waals surface area (Å²) >= 11 is 0. The molecular weight excluding hydrogens is 467 g/mol. The van der Waals surface area contributed by atoms with Gasteiger partial charge in [0, 0.05) is 17.5 Å². The molecule has 5 rings (SSSR count). The molecule has 0 aliphatic carbocycles. The average molecular weight is 486 g/mol. The van der Waals surface area contributed by atoms with E-state index in [-0.39, 0.29) is 40.3 Å². The van der Waals surface area contributed by atoms with E-state index in [1.807, 2.05) is 0 Å². The zero-order valence-corrected chi connectivity index (χ0v) is 19.2. The molecule has 0 radical (unpaired) electrons. The van der Waals surface area contributed by atoms with Crippen molar-refractivity contribution in [1.82, 2.24) is 30.8 Å². The first-order valence-corrected chi connectivity index (χ1v) is 11.0. The van der Waals surface area contributed by atoms with Crippen molar-refractivity contribution in [3.05, 3.63) is 87.7 Å². The molecule has 0 unspecified atom stereocenters. The molecule has 0 saturated heterocycles. The van der Waals surface area contributed by atoms with Crippen molar-refractivity contribution < 1.29 is 18.5 Å². The lowest BCUT2D eigenvalue weighted by atomic mass is 10.0. The molecule has 0 spiro atoms. The molecule has 0 aliphatic heterocycles. The number of halogens is 1. The number of carbonyl (C=O) groups is 2. The van der Waals surface area contributed by atoms with Crippen molar-refractivity contribution in [2.45, 2.75) is 20.4 Å². The van der Waals surface area contributed by atoms with Crippen LogP contribution in [0.25, 0.3) is 33.1 Å². The monoisotopic (exact) mass is 486 g/mol. The Morgan fingerprint density at radius 1 is 1.03 bits per heavy atom. The van der Waals surface area contributed by atoms with Crippen LogP contribution in [-0.2, 0) is 6.54 Å². The van der Waals surface area contributed by atoms with Crippen LogP contribution in [0.2, 0.25) is 0 Å². The maximum Gasteiger partial charge on any atom is 0.290 e. The number of rotatable bonds is 4. The summed E-state index contributed by atoms with van der Waals surface area (Å²) in [6, 6.07) is 14.0. The van der Waals surface area contributed by atoms with Crippen molar-refractivity contribution in [2.75, 3.05) is 0 Å². The van der Waals surface area contributed by atoms with Crippen molar-refractivity contribution in [1.29, 1.82) is 0 Å². The molecule has 2 amide bonds. The van der Waals surface area contributed by atoms with Gasteiger partial charge in [0.15, 0.2) is 5.69 Å². The minimum absolute atomic E-state index is 0.0274. The van der Waals surface area contributed by atoms with E-state index in [0.29, 0.717) is 21.9 Å². The molecule has 2 aromatic carbocycles. The predicted octanol–water partition coefficient (Wildman–Crippen LogP) is 3.14. The second-order valence-corrected chi connectivity index (χ2v) is 7.91. The number of pyridine rings is 1. The predicted molar refractivity (Wildman–Crippen MR) is 129 cm³/mol. The summed E-state index contributed by atoms with van der Waals surface area (Å²) in [6.45, 7) is 3.63. The van der Waals surface area contributed by atoms with Gasteiger partial charge in [-0.15, -0.1) is 0 Å². The Morgan fingerprint density at radius 2 is 1.72 bits per heavy atom. The van der Waals surface area contributed by atoms with Crippen LogP contribution in [-0.4, -0.2) is 31.7 Å². The lowest BCUT2D eigenvalue weighted by Crippen LogP contribution is -2.43. The molecule has 2 N–H and O–H groups in total. The van der Waals surface area contributed by atoms with E-state index in [2.05, 4.69) is 26.1 Å². The van der Waals surface area contributed by atoms with E-state index in [1.165, 1.54) is 22.9 Å². The fourth-order valence-electron chi connectivity index (χ4n) is 3.94. The molecule has 0 bridgehead atoms. The number of hydrogen-bond donors (Lipinski definition) is 2. The zero-order chi connectivity index (χ0) is 25.4. The molecule has 3 aromatic heterocycles. The smallest absolute Gasteiger partial charge is 0.290 e. The minimum atomic E-state index is -0.719. The average Bonchev–Trinajstić information content (AvgIpc) is 3.27. The number of nitrogens with one attached hydrogen (secondary N) is 2. The number of nitrogens with zero attached hydrogens (tertiary/aromatic N) is 4. The van der Waals surface area contributed by atoms with Crippen LogP contribution >= 0.6 is 0 Å². The van der Waals surface area contributed by atoms with Gasteiger partial charge in [-0.2, -0.15) is 5.10 Å². The highest BCUT2D eigenvalue weighted by atomic mass is 19.1. The highest BCUT2D eigenvalue weighted by Crippen LogP contribution is 2.28. The minimum Gasteiger partial charge on any atom is -0.335 e. The Balaban J connectivity index is 1.49. The summed E-state index contributed by atoms with van der Waals surface area (Å²) < 4.78 is 20.8. The zero-order valence-electron chi connectivity index (χ0n) is 19.2. The Kier molecular flexibility index (Phi) is 5.72. The van der Waals surface area contributed by atoms with Crippen LogP contribution in [0.15, 0.2) is 63.9 Å². The van der Waals surface area contributed by atoms with E-state index in [4.69, 9.17) is 4.52 Å². The first-order chi connectivity index (χ1) is 17.4. The summed E-state index contributed by atoms with van der Waals surface area (Å²) in [5, 5.41) is 9.02. The molecule has 0 atom stereocenters. The number of fused-ring (bicyclic) bond motifs is 2. The highest BCUT2D eigenvalue weighted by Gasteiger charge is 2.22. The van der Waals surface area contributed by atoms with E-state index < -0.39 is 17.6 Å². The SMILES string of the molecule is CCn1nc(C(=O)NNC(=O)c2cc(-c3ccccc3F)nc3onc(C)c23)c2ccccc2c1=O. The van der Waals surface area contributed by atoms with E-state index >= 15 is 0 Å². The van der Waals surface area contributed by atoms with Gasteiger partial charge < -0.3 is 4.52 Å². The van der Waals surface area contributed by atoms with Gasteiger partial charge in [-0.05, 0) is 38.1 Å². The van der Waals surface area contributed by atoms with Crippen LogP contribution in [0.5, 0.6) is 0 Å². The number of benzene rings is 2. The third-order valence-corrected chi connectivity index (χ3v) is 5.68. The Bertz CT molecular complexity index is 1730. The maximum absolute atomic E-state index is 14.4. The standard InChI is InChI=1S/C25H19FN6O4/c1-3-32-25(35)15-9-5-4-8-14(15)21(30-32)23(34)29-28-22(33)17-12-19(16-10-6-7-11-18(16)26)27-24-20(17)13(2)31-36-24/h4-12H,3H2,1-2H3,(H,28,33)(H,29,34). The van der Waals surface area contributed by atoms with Crippen LogP contribution in [0.4, 0.5) is 4.39 Å². The molecule has 0 fully saturated rings. The first-order valence-electron chi connectivity index (χ1n) is 11.0. The maximum atomic E-state index is 14.4. The quantitative estimate of drug-likeness (QED) is 0.373.